The quantitative estimate of drug-likeness (QED) is 0.379. The molecule has 1 N–H and O–H groups in total. The van der Waals surface area contributed by atoms with Gasteiger partial charge in [0.1, 0.15) is 18.4 Å². The van der Waals surface area contributed by atoms with Gasteiger partial charge in [-0.25, -0.2) is 12.8 Å². The van der Waals surface area contributed by atoms with E-state index in [1.165, 1.54) is 54.3 Å². The fourth-order valence-electron chi connectivity index (χ4n) is 3.65. The SMILES string of the molecule is CCNC(=O)[C@H](C)N(Cc1c(Cl)cccc1Cl)C(=O)CN(c1ccccc1F)S(=O)(=O)c1ccccc1. The van der Waals surface area contributed by atoms with E-state index in [1.54, 1.807) is 31.2 Å². The molecule has 7 nitrogen and oxygen atoms in total. The highest BCUT2D eigenvalue weighted by molar-refractivity contribution is 7.92. The second kappa shape index (κ2) is 12.4. The Morgan fingerprint density at radius 1 is 0.946 bits per heavy atom. The molecular weight excluding hydrogens is 540 g/mol. The Morgan fingerprint density at radius 2 is 1.54 bits per heavy atom. The first-order valence-corrected chi connectivity index (χ1v) is 13.6. The van der Waals surface area contributed by atoms with Gasteiger partial charge >= 0.3 is 0 Å². The van der Waals surface area contributed by atoms with Gasteiger partial charge < -0.3 is 10.2 Å². The van der Waals surface area contributed by atoms with Crippen LogP contribution in [-0.2, 0) is 26.2 Å². The number of nitrogens with zero attached hydrogens (tertiary/aromatic N) is 2. The van der Waals surface area contributed by atoms with Gasteiger partial charge in [0.15, 0.2) is 0 Å². The highest BCUT2D eigenvalue weighted by Crippen LogP contribution is 2.29. The molecule has 3 aromatic carbocycles. The number of carbonyl (C=O) groups is 2. The molecular formula is C26H26Cl2FN3O4S. The van der Waals surface area contributed by atoms with Crippen molar-refractivity contribution in [1.82, 2.24) is 10.2 Å². The van der Waals surface area contributed by atoms with Crippen molar-refractivity contribution >= 4 is 50.7 Å². The number of anilines is 1. The van der Waals surface area contributed by atoms with E-state index in [0.29, 0.717) is 16.4 Å². The number of rotatable bonds is 10. The molecule has 0 aliphatic rings. The smallest absolute Gasteiger partial charge is 0.264 e. The van der Waals surface area contributed by atoms with Gasteiger partial charge in [-0.1, -0.05) is 59.6 Å². The van der Waals surface area contributed by atoms with Crippen molar-refractivity contribution in [3.63, 3.8) is 0 Å². The van der Waals surface area contributed by atoms with Crippen molar-refractivity contribution in [2.45, 2.75) is 31.3 Å². The van der Waals surface area contributed by atoms with Gasteiger partial charge in [0.2, 0.25) is 11.8 Å². The van der Waals surface area contributed by atoms with Crippen LogP contribution in [0, 0.1) is 5.82 Å². The zero-order chi connectivity index (χ0) is 27.2. The molecule has 0 unspecified atom stereocenters. The van der Waals surface area contributed by atoms with E-state index in [4.69, 9.17) is 23.2 Å². The second-order valence-electron chi connectivity index (χ2n) is 8.07. The van der Waals surface area contributed by atoms with Crippen LogP contribution in [0.15, 0.2) is 77.7 Å². The summed E-state index contributed by atoms with van der Waals surface area (Å²) in [6.45, 7) is 2.61. The van der Waals surface area contributed by atoms with Crippen LogP contribution in [0.2, 0.25) is 10.0 Å². The van der Waals surface area contributed by atoms with Gasteiger partial charge in [0.25, 0.3) is 10.0 Å². The lowest BCUT2D eigenvalue weighted by Crippen LogP contribution is -2.51. The molecule has 11 heteroatoms. The molecule has 0 fully saturated rings. The van der Waals surface area contributed by atoms with Crippen molar-refractivity contribution < 1.29 is 22.4 Å². The summed E-state index contributed by atoms with van der Waals surface area (Å²) >= 11 is 12.6. The maximum absolute atomic E-state index is 14.8. The molecule has 0 heterocycles. The zero-order valence-electron chi connectivity index (χ0n) is 20.2. The first-order valence-electron chi connectivity index (χ1n) is 11.4. The average molecular weight is 566 g/mol. The number of amides is 2. The number of likely N-dealkylation sites (N-methyl/N-ethyl adjacent to an activating group) is 1. The second-order valence-corrected chi connectivity index (χ2v) is 10.7. The van der Waals surface area contributed by atoms with E-state index in [1.807, 2.05) is 0 Å². The molecule has 0 bridgehead atoms. The third-order valence-corrected chi connectivity index (χ3v) is 8.12. The minimum Gasteiger partial charge on any atom is -0.355 e. The number of halogens is 3. The van der Waals surface area contributed by atoms with Crippen LogP contribution in [0.3, 0.4) is 0 Å². The van der Waals surface area contributed by atoms with Crippen LogP contribution in [-0.4, -0.2) is 44.3 Å². The van der Waals surface area contributed by atoms with Crippen LogP contribution >= 0.6 is 23.2 Å². The van der Waals surface area contributed by atoms with Crippen LogP contribution < -0.4 is 9.62 Å². The average Bonchev–Trinajstić information content (AvgIpc) is 2.88. The van der Waals surface area contributed by atoms with Crippen molar-refractivity contribution in [2.24, 2.45) is 0 Å². The zero-order valence-corrected chi connectivity index (χ0v) is 22.5. The molecule has 0 aliphatic carbocycles. The monoisotopic (exact) mass is 565 g/mol. The number of nitrogens with one attached hydrogen (secondary N) is 1. The lowest BCUT2D eigenvalue weighted by molar-refractivity contribution is -0.139. The number of hydrogen-bond acceptors (Lipinski definition) is 4. The predicted molar refractivity (Wildman–Crippen MR) is 143 cm³/mol. The van der Waals surface area contributed by atoms with Crippen LogP contribution in [0.25, 0.3) is 0 Å². The number of para-hydroxylation sites is 1. The Labute approximate surface area is 225 Å². The fourth-order valence-corrected chi connectivity index (χ4v) is 5.61. The first kappa shape index (κ1) is 28.4. The van der Waals surface area contributed by atoms with Gasteiger partial charge in [0, 0.05) is 28.7 Å². The van der Waals surface area contributed by atoms with E-state index in [0.717, 1.165) is 6.07 Å². The Kier molecular flexibility index (Phi) is 9.53. The topological polar surface area (TPSA) is 86.8 Å². The summed E-state index contributed by atoms with van der Waals surface area (Å²) in [5.41, 5.74) is 0.0831. The van der Waals surface area contributed by atoms with E-state index in [2.05, 4.69) is 5.32 Å². The third kappa shape index (κ3) is 6.60. The van der Waals surface area contributed by atoms with Crippen LogP contribution in [0.5, 0.6) is 0 Å². The molecule has 0 spiro atoms. The molecule has 0 saturated heterocycles. The molecule has 3 aromatic rings. The Morgan fingerprint density at radius 3 is 2.14 bits per heavy atom. The summed E-state index contributed by atoms with van der Waals surface area (Å²) in [6, 6.07) is 16.5. The number of benzene rings is 3. The molecule has 0 radical (unpaired) electrons. The van der Waals surface area contributed by atoms with Crippen molar-refractivity contribution in [3.8, 4) is 0 Å². The molecule has 3 rings (SSSR count). The maximum Gasteiger partial charge on any atom is 0.264 e. The number of hydrogen-bond donors (Lipinski definition) is 1. The van der Waals surface area contributed by atoms with Gasteiger partial charge in [0.05, 0.1) is 10.6 Å². The van der Waals surface area contributed by atoms with Crippen molar-refractivity contribution in [2.75, 3.05) is 17.4 Å². The van der Waals surface area contributed by atoms with Crippen molar-refractivity contribution in [3.05, 3.63) is 94.2 Å². The molecule has 2 amide bonds. The molecule has 1 atom stereocenters. The van der Waals surface area contributed by atoms with Crippen molar-refractivity contribution in [1.29, 1.82) is 0 Å². The normalized spacial score (nSPS) is 12.0. The molecule has 37 heavy (non-hydrogen) atoms. The largest absolute Gasteiger partial charge is 0.355 e. The van der Waals surface area contributed by atoms with Gasteiger partial charge in [-0.2, -0.15) is 0 Å². The minimum atomic E-state index is -4.36. The first-order chi connectivity index (χ1) is 17.6. The maximum atomic E-state index is 14.8. The molecule has 196 valence electrons. The highest BCUT2D eigenvalue weighted by atomic mass is 35.5. The van der Waals surface area contributed by atoms with E-state index >= 15 is 0 Å². The summed E-state index contributed by atoms with van der Waals surface area (Å²) in [5.74, 6) is -2.04. The summed E-state index contributed by atoms with van der Waals surface area (Å²) in [6.07, 6.45) is 0. The molecule has 0 aliphatic heterocycles. The minimum absolute atomic E-state index is 0.122. The Bertz CT molecular complexity index is 1350. The van der Waals surface area contributed by atoms with Crippen LogP contribution in [0.1, 0.15) is 19.4 Å². The highest BCUT2D eigenvalue weighted by Gasteiger charge is 2.34. The summed E-state index contributed by atoms with van der Waals surface area (Å²) < 4.78 is 42.7. The van der Waals surface area contributed by atoms with Gasteiger partial charge in [-0.3, -0.25) is 13.9 Å². The molecule has 0 saturated carbocycles. The Hall–Kier alpha value is -3.14. The Balaban J connectivity index is 2.07. The van der Waals surface area contributed by atoms with Crippen LogP contribution in [0.4, 0.5) is 10.1 Å². The van der Waals surface area contributed by atoms with E-state index < -0.39 is 40.2 Å². The fraction of sp³-hybridized carbons (Fsp3) is 0.231. The summed E-state index contributed by atoms with van der Waals surface area (Å²) in [7, 11) is -4.36. The summed E-state index contributed by atoms with van der Waals surface area (Å²) in [5, 5.41) is 3.20. The number of carbonyl (C=O) groups excluding carboxylic acids is 2. The lowest BCUT2D eigenvalue weighted by Gasteiger charge is -2.32. The third-order valence-electron chi connectivity index (χ3n) is 5.64. The van der Waals surface area contributed by atoms with Gasteiger partial charge in [-0.05, 0) is 50.2 Å². The van der Waals surface area contributed by atoms with E-state index in [9.17, 15) is 22.4 Å². The lowest BCUT2D eigenvalue weighted by atomic mass is 10.1. The number of sulfonamides is 1. The molecule has 0 aromatic heterocycles. The van der Waals surface area contributed by atoms with E-state index in [-0.39, 0.29) is 27.2 Å². The standard InChI is InChI=1S/C26H26Cl2FN3O4S/c1-3-30-26(34)18(2)31(16-20-21(27)12-9-13-22(20)28)25(33)17-32(24-15-8-7-14-23(24)29)37(35,36)19-10-5-4-6-11-19/h4-15,18H,3,16-17H2,1-2H3,(H,30,34)/t18-/m0/s1. The van der Waals surface area contributed by atoms with Gasteiger partial charge in [-0.15, -0.1) is 0 Å². The summed E-state index contributed by atoms with van der Waals surface area (Å²) in [4.78, 5) is 27.5. The predicted octanol–water partition coefficient (Wildman–Crippen LogP) is 4.88.